The third kappa shape index (κ3) is 2.73. The van der Waals surface area contributed by atoms with Gasteiger partial charge in [0.05, 0.1) is 19.3 Å². The summed E-state index contributed by atoms with van der Waals surface area (Å²) in [4.78, 5) is 11.2. The molecule has 2 N–H and O–H groups in total. The van der Waals surface area contributed by atoms with Crippen molar-refractivity contribution in [2.24, 2.45) is 5.73 Å². The van der Waals surface area contributed by atoms with Crippen molar-refractivity contribution in [3.05, 3.63) is 17.6 Å². The van der Waals surface area contributed by atoms with E-state index in [9.17, 15) is 0 Å². The van der Waals surface area contributed by atoms with Gasteiger partial charge < -0.3 is 15.4 Å². The highest BCUT2D eigenvalue weighted by molar-refractivity contribution is 5.41. The van der Waals surface area contributed by atoms with Crippen molar-refractivity contribution in [2.45, 2.75) is 26.3 Å². The van der Waals surface area contributed by atoms with E-state index < -0.39 is 0 Å². The summed E-state index contributed by atoms with van der Waals surface area (Å²) >= 11 is 0. The normalized spacial score (nSPS) is 20.6. The predicted molar refractivity (Wildman–Crippen MR) is 67.2 cm³/mol. The van der Waals surface area contributed by atoms with Gasteiger partial charge in [-0.2, -0.15) is 0 Å². The highest BCUT2D eigenvalue weighted by Gasteiger charge is 2.23. The number of morpholine rings is 1. The average Bonchev–Trinajstić information content (AvgIpc) is 2.37. The fraction of sp³-hybridized carbons (Fsp3) is 0.667. The van der Waals surface area contributed by atoms with Gasteiger partial charge in [0, 0.05) is 31.3 Å². The lowest BCUT2D eigenvalue weighted by Crippen LogP contribution is -2.50. The Morgan fingerprint density at radius 1 is 1.53 bits per heavy atom. The van der Waals surface area contributed by atoms with Crippen molar-refractivity contribution in [1.82, 2.24) is 9.97 Å². The summed E-state index contributed by atoms with van der Waals surface area (Å²) in [6, 6.07) is 2.25. The van der Waals surface area contributed by atoms with Crippen LogP contribution in [0.1, 0.15) is 18.4 Å². The van der Waals surface area contributed by atoms with E-state index in [1.165, 1.54) is 0 Å². The number of nitrogens with two attached hydrogens (primary N) is 1. The van der Waals surface area contributed by atoms with Crippen LogP contribution in [0.25, 0.3) is 0 Å². The molecular weight excluding hydrogens is 216 g/mol. The van der Waals surface area contributed by atoms with E-state index in [1.54, 1.807) is 0 Å². The molecule has 0 saturated carbocycles. The van der Waals surface area contributed by atoms with Gasteiger partial charge in [0.2, 0.25) is 0 Å². The molecule has 1 saturated heterocycles. The van der Waals surface area contributed by atoms with Crippen molar-refractivity contribution < 1.29 is 4.74 Å². The van der Waals surface area contributed by atoms with Gasteiger partial charge in [-0.15, -0.1) is 0 Å². The van der Waals surface area contributed by atoms with Crippen LogP contribution < -0.4 is 10.6 Å². The molecule has 5 heteroatoms. The zero-order valence-corrected chi connectivity index (χ0v) is 10.5. The number of hydrogen-bond acceptors (Lipinski definition) is 5. The first kappa shape index (κ1) is 12.3. The lowest BCUT2D eigenvalue weighted by atomic mass is 10.2. The van der Waals surface area contributed by atoms with Gasteiger partial charge in [0.1, 0.15) is 11.6 Å². The minimum atomic E-state index is 0.225. The van der Waals surface area contributed by atoms with Crippen LogP contribution >= 0.6 is 0 Å². The Kier molecular flexibility index (Phi) is 3.91. The Bertz CT molecular complexity index is 383. The molecule has 5 nitrogen and oxygen atoms in total. The summed E-state index contributed by atoms with van der Waals surface area (Å²) in [6.07, 6.45) is 0.853. The topological polar surface area (TPSA) is 64.3 Å². The smallest absolute Gasteiger partial charge is 0.132 e. The maximum Gasteiger partial charge on any atom is 0.132 e. The first-order chi connectivity index (χ1) is 8.24. The zero-order valence-electron chi connectivity index (χ0n) is 10.5. The first-order valence-electron chi connectivity index (χ1n) is 6.13. The number of aromatic nitrogens is 2. The van der Waals surface area contributed by atoms with Gasteiger partial charge in [-0.25, -0.2) is 9.97 Å². The Morgan fingerprint density at radius 2 is 2.35 bits per heavy atom. The molecule has 1 unspecified atom stereocenters. The number of rotatable bonds is 3. The van der Waals surface area contributed by atoms with E-state index in [4.69, 9.17) is 10.5 Å². The number of anilines is 1. The molecule has 1 aliphatic rings. The molecule has 0 aromatic carbocycles. The van der Waals surface area contributed by atoms with E-state index >= 15 is 0 Å². The molecule has 1 aromatic rings. The standard InChI is InChI=1S/C12H20N4O/c1-3-11-14-9(2)6-12(15-11)16-4-5-17-8-10(16)7-13/h6,10H,3-5,7-8,13H2,1-2H3. The van der Waals surface area contributed by atoms with Crippen LogP contribution in [0.15, 0.2) is 6.07 Å². The molecule has 0 aliphatic carbocycles. The van der Waals surface area contributed by atoms with Crippen molar-refractivity contribution >= 4 is 5.82 Å². The number of nitrogens with zero attached hydrogens (tertiary/aromatic N) is 3. The maximum absolute atomic E-state index is 5.77. The second-order valence-corrected chi connectivity index (χ2v) is 4.30. The average molecular weight is 236 g/mol. The van der Waals surface area contributed by atoms with E-state index in [2.05, 4.69) is 21.8 Å². The minimum absolute atomic E-state index is 0.225. The second kappa shape index (κ2) is 5.42. The lowest BCUT2D eigenvalue weighted by molar-refractivity contribution is 0.0958. The molecule has 1 atom stereocenters. The van der Waals surface area contributed by atoms with Gasteiger partial charge in [0.25, 0.3) is 0 Å². The maximum atomic E-state index is 5.77. The first-order valence-corrected chi connectivity index (χ1v) is 6.13. The van der Waals surface area contributed by atoms with Crippen molar-refractivity contribution in [3.8, 4) is 0 Å². The van der Waals surface area contributed by atoms with Crippen LogP contribution in [0.5, 0.6) is 0 Å². The van der Waals surface area contributed by atoms with E-state index in [1.807, 2.05) is 13.0 Å². The minimum Gasteiger partial charge on any atom is -0.377 e. The zero-order chi connectivity index (χ0) is 12.3. The summed E-state index contributed by atoms with van der Waals surface area (Å²) in [5.41, 5.74) is 6.78. The Labute approximate surface area is 102 Å². The molecule has 1 aliphatic heterocycles. The molecule has 1 aromatic heterocycles. The lowest BCUT2D eigenvalue weighted by Gasteiger charge is -2.36. The fourth-order valence-electron chi connectivity index (χ4n) is 2.07. The summed E-state index contributed by atoms with van der Waals surface area (Å²) in [6.45, 7) is 6.93. The van der Waals surface area contributed by atoms with E-state index in [0.29, 0.717) is 13.2 Å². The van der Waals surface area contributed by atoms with E-state index in [-0.39, 0.29) is 6.04 Å². The second-order valence-electron chi connectivity index (χ2n) is 4.30. The Morgan fingerprint density at radius 3 is 3.06 bits per heavy atom. The molecule has 0 bridgehead atoms. The molecule has 0 spiro atoms. The van der Waals surface area contributed by atoms with E-state index in [0.717, 1.165) is 36.9 Å². The van der Waals surface area contributed by atoms with Crippen LogP contribution in [0.4, 0.5) is 5.82 Å². The molecule has 2 rings (SSSR count). The molecule has 94 valence electrons. The number of ether oxygens (including phenoxy) is 1. The molecular formula is C12H20N4O. The van der Waals surface area contributed by atoms with Gasteiger partial charge in [-0.3, -0.25) is 0 Å². The Balaban J connectivity index is 2.27. The monoisotopic (exact) mass is 236 g/mol. The number of aryl methyl sites for hydroxylation is 2. The van der Waals surface area contributed by atoms with Gasteiger partial charge in [-0.05, 0) is 6.92 Å². The SMILES string of the molecule is CCc1nc(C)cc(N2CCOCC2CN)n1. The highest BCUT2D eigenvalue weighted by atomic mass is 16.5. The summed E-state index contributed by atoms with van der Waals surface area (Å²) < 4.78 is 5.45. The van der Waals surface area contributed by atoms with Crippen LogP contribution in [-0.2, 0) is 11.2 Å². The van der Waals surface area contributed by atoms with Crippen molar-refractivity contribution in [3.63, 3.8) is 0 Å². The third-order valence-corrected chi connectivity index (χ3v) is 3.00. The summed E-state index contributed by atoms with van der Waals surface area (Å²) in [5, 5.41) is 0. The van der Waals surface area contributed by atoms with Crippen LogP contribution in [0, 0.1) is 6.92 Å². The predicted octanol–water partition coefficient (Wildman–Crippen LogP) is 0.511. The van der Waals surface area contributed by atoms with Crippen LogP contribution in [-0.4, -0.2) is 42.3 Å². The molecule has 0 amide bonds. The van der Waals surface area contributed by atoms with Crippen molar-refractivity contribution in [2.75, 3.05) is 31.2 Å². The number of hydrogen-bond donors (Lipinski definition) is 1. The summed E-state index contributed by atoms with van der Waals surface area (Å²) in [7, 11) is 0. The van der Waals surface area contributed by atoms with Crippen molar-refractivity contribution in [1.29, 1.82) is 0 Å². The van der Waals surface area contributed by atoms with Crippen LogP contribution in [0.3, 0.4) is 0 Å². The van der Waals surface area contributed by atoms with Gasteiger partial charge in [-0.1, -0.05) is 6.92 Å². The molecule has 2 heterocycles. The molecule has 0 radical (unpaired) electrons. The molecule has 17 heavy (non-hydrogen) atoms. The third-order valence-electron chi connectivity index (χ3n) is 3.00. The van der Waals surface area contributed by atoms with Crippen LogP contribution in [0.2, 0.25) is 0 Å². The largest absolute Gasteiger partial charge is 0.377 e. The van der Waals surface area contributed by atoms with Gasteiger partial charge in [0.15, 0.2) is 0 Å². The summed E-state index contributed by atoms with van der Waals surface area (Å²) in [5.74, 6) is 1.87. The fourth-order valence-corrected chi connectivity index (χ4v) is 2.07. The quantitative estimate of drug-likeness (QED) is 0.828. The Hall–Kier alpha value is -1.20. The molecule has 1 fully saturated rings. The van der Waals surface area contributed by atoms with Gasteiger partial charge >= 0.3 is 0 Å². The highest BCUT2D eigenvalue weighted by Crippen LogP contribution is 2.18.